The molecule has 0 bridgehead atoms. The molecule has 1 nitrogen and oxygen atoms in total. The zero-order valence-corrected chi connectivity index (χ0v) is 9.61. The molecule has 0 aromatic carbocycles. The van der Waals surface area contributed by atoms with Gasteiger partial charge in [0.15, 0.2) is 0 Å². The summed E-state index contributed by atoms with van der Waals surface area (Å²) in [4.78, 5) is 6.09. The third kappa shape index (κ3) is 7.60. The summed E-state index contributed by atoms with van der Waals surface area (Å²) in [5.74, 6) is 0. The highest BCUT2D eigenvalue weighted by molar-refractivity contribution is 8.07. The number of nitrogens with zero attached hydrogens (tertiary/aromatic N) is 1. The molecule has 13 heavy (non-hydrogen) atoms. The molecular formula is C11H17NS. The number of hydrogen-bond acceptors (Lipinski definition) is 2. The molecule has 0 amide bonds. The Bertz CT molecular complexity index is 255. The van der Waals surface area contributed by atoms with Crippen LogP contribution < -0.4 is 0 Å². The van der Waals surface area contributed by atoms with Crippen LogP contribution in [0.4, 0.5) is 0 Å². The molecule has 0 aromatic rings. The Morgan fingerprint density at radius 3 is 2.31 bits per heavy atom. The third-order valence-electron chi connectivity index (χ3n) is 1.22. The van der Waals surface area contributed by atoms with Crippen molar-refractivity contribution in [1.82, 2.24) is 0 Å². The minimum Gasteiger partial charge on any atom is -0.295 e. The number of hydrogen-bond donors (Lipinski definition) is 0. The van der Waals surface area contributed by atoms with Gasteiger partial charge >= 0.3 is 0 Å². The van der Waals surface area contributed by atoms with Crippen LogP contribution in [0.25, 0.3) is 0 Å². The van der Waals surface area contributed by atoms with Gasteiger partial charge in [-0.3, -0.25) is 4.99 Å². The lowest BCUT2D eigenvalue weighted by molar-refractivity contribution is 1.39. The Morgan fingerprint density at radius 2 is 1.85 bits per heavy atom. The molecule has 2 heteroatoms. The average Bonchev–Trinajstić information content (AvgIpc) is 2.01. The van der Waals surface area contributed by atoms with E-state index < -0.39 is 0 Å². The minimum atomic E-state index is 0.971. The van der Waals surface area contributed by atoms with Gasteiger partial charge in [0.05, 0.1) is 0 Å². The Hall–Kier alpha value is -0.760. The zero-order valence-electron chi connectivity index (χ0n) is 8.79. The van der Waals surface area contributed by atoms with Crippen LogP contribution >= 0.6 is 11.8 Å². The molecule has 0 spiro atoms. The Labute approximate surface area is 85.3 Å². The van der Waals surface area contributed by atoms with Crippen LogP contribution in [0.15, 0.2) is 39.1 Å². The molecule has 0 aliphatic rings. The van der Waals surface area contributed by atoms with Crippen molar-refractivity contribution < 1.29 is 0 Å². The summed E-state index contributed by atoms with van der Waals surface area (Å²) in [5, 5.41) is 0. The maximum Gasteiger partial charge on any atom is 0.0342 e. The molecule has 72 valence electrons. The van der Waals surface area contributed by atoms with Gasteiger partial charge in [-0.15, -0.1) is 0 Å². The van der Waals surface area contributed by atoms with Gasteiger partial charge in [-0.1, -0.05) is 36.1 Å². The topological polar surface area (TPSA) is 12.4 Å². The molecule has 0 radical (unpaired) electrons. The third-order valence-corrected chi connectivity index (χ3v) is 2.04. The number of thioether (sulfide) groups is 1. The first-order chi connectivity index (χ1) is 6.06. The van der Waals surface area contributed by atoms with E-state index >= 15 is 0 Å². The monoisotopic (exact) mass is 195 g/mol. The lowest BCUT2D eigenvalue weighted by Crippen LogP contribution is -1.76. The van der Waals surface area contributed by atoms with Gasteiger partial charge in [0.25, 0.3) is 0 Å². The Kier molecular flexibility index (Phi) is 6.33. The van der Waals surface area contributed by atoms with Crippen molar-refractivity contribution in [2.45, 2.75) is 20.8 Å². The average molecular weight is 195 g/mol. The second-order valence-electron chi connectivity index (χ2n) is 2.98. The second kappa shape index (κ2) is 6.72. The summed E-state index contributed by atoms with van der Waals surface area (Å²) in [6.07, 6.45) is 5.96. The maximum absolute atomic E-state index is 3.90. The van der Waals surface area contributed by atoms with E-state index in [-0.39, 0.29) is 0 Å². The van der Waals surface area contributed by atoms with Gasteiger partial charge in [0.1, 0.15) is 0 Å². The van der Waals surface area contributed by atoms with Gasteiger partial charge < -0.3 is 0 Å². The molecule has 0 aromatic heterocycles. The zero-order chi connectivity index (χ0) is 10.3. The quantitative estimate of drug-likeness (QED) is 0.491. The van der Waals surface area contributed by atoms with Crippen molar-refractivity contribution in [3.63, 3.8) is 0 Å². The van der Waals surface area contributed by atoms with E-state index in [2.05, 4.69) is 44.5 Å². The SMILES string of the molecule is C=C(C=NC)S/C(C)=C/C=C(C)C. The van der Waals surface area contributed by atoms with Crippen molar-refractivity contribution >= 4 is 18.0 Å². The lowest BCUT2D eigenvalue weighted by Gasteiger charge is -1.98. The number of allylic oxidation sites excluding steroid dienone is 5. The van der Waals surface area contributed by atoms with E-state index in [1.807, 2.05) is 0 Å². The normalized spacial score (nSPS) is 11.8. The standard InChI is InChI=1S/C11H17NS/c1-9(2)6-7-10(3)13-11(4)8-12-5/h6-8H,4H2,1-3,5H3/b10-7+,12-8?. The first-order valence-corrected chi connectivity index (χ1v) is 4.98. The van der Waals surface area contributed by atoms with Crippen molar-refractivity contribution in [3.8, 4) is 0 Å². The minimum absolute atomic E-state index is 0.971. The van der Waals surface area contributed by atoms with E-state index in [4.69, 9.17) is 0 Å². The van der Waals surface area contributed by atoms with Crippen LogP contribution in [0, 0.1) is 0 Å². The van der Waals surface area contributed by atoms with Crippen LogP contribution in [-0.2, 0) is 0 Å². The molecule has 0 rings (SSSR count). The molecule has 0 aliphatic carbocycles. The van der Waals surface area contributed by atoms with E-state index in [0.29, 0.717) is 0 Å². The first kappa shape index (κ1) is 12.2. The predicted molar refractivity (Wildman–Crippen MR) is 64.3 cm³/mol. The van der Waals surface area contributed by atoms with Gasteiger partial charge in [-0.05, 0) is 25.7 Å². The highest BCUT2D eigenvalue weighted by Crippen LogP contribution is 2.21. The molecule has 0 aliphatic heterocycles. The van der Waals surface area contributed by atoms with E-state index in [1.165, 1.54) is 10.5 Å². The fraction of sp³-hybridized carbons (Fsp3) is 0.364. The highest BCUT2D eigenvalue weighted by atomic mass is 32.2. The lowest BCUT2D eigenvalue weighted by atomic mass is 10.3. The molecule has 0 fully saturated rings. The predicted octanol–water partition coefficient (Wildman–Crippen LogP) is 3.80. The van der Waals surface area contributed by atoms with Crippen molar-refractivity contribution in [2.75, 3.05) is 7.05 Å². The van der Waals surface area contributed by atoms with Crippen molar-refractivity contribution in [3.05, 3.63) is 34.1 Å². The van der Waals surface area contributed by atoms with E-state index in [0.717, 1.165) is 4.91 Å². The summed E-state index contributed by atoms with van der Waals surface area (Å²) in [7, 11) is 1.75. The Morgan fingerprint density at radius 1 is 1.23 bits per heavy atom. The second-order valence-corrected chi connectivity index (χ2v) is 4.35. The molecular weight excluding hydrogens is 178 g/mol. The maximum atomic E-state index is 3.90. The molecule has 0 atom stereocenters. The summed E-state index contributed by atoms with van der Waals surface area (Å²) in [6, 6.07) is 0. The smallest absolute Gasteiger partial charge is 0.0342 e. The molecule has 0 saturated heterocycles. The van der Waals surface area contributed by atoms with Gasteiger partial charge in [0, 0.05) is 18.2 Å². The summed E-state index contributed by atoms with van der Waals surface area (Å²) >= 11 is 1.64. The fourth-order valence-corrected chi connectivity index (χ4v) is 1.40. The van der Waals surface area contributed by atoms with Crippen LogP contribution in [-0.4, -0.2) is 13.3 Å². The number of aliphatic imine (C=N–C) groups is 1. The Balaban J connectivity index is 4.14. The molecule has 0 unspecified atom stereocenters. The van der Waals surface area contributed by atoms with Gasteiger partial charge in [-0.25, -0.2) is 0 Å². The number of rotatable bonds is 4. The van der Waals surface area contributed by atoms with Crippen LogP contribution in [0.1, 0.15) is 20.8 Å². The van der Waals surface area contributed by atoms with Crippen LogP contribution in [0.5, 0.6) is 0 Å². The van der Waals surface area contributed by atoms with Crippen molar-refractivity contribution in [2.24, 2.45) is 4.99 Å². The first-order valence-electron chi connectivity index (χ1n) is 4.17. The van der Waals surface area contributed by atoms with Crippen LogP contribution in [0.3, 0.4) is 0 Å². The fourth-order valence-electron chi connectivity index (χ4n) is 0.695. The summed E-state index contributed by atoms with van der Waals surface area (Å²) < 4.78 is 0. The van der Waals surface area contributed by atoms with E-state index in [1.54, 1.807) is 25.0 Å². The summed E-state index contributed by atoms with van der Waals surface area (Å²) in [6.45, 7) is 10.1. The molecule has 0 heterocycles. The highest BCUT2D eigenvalue weighted by Gasteiger charge is 1.91. The van der Waals surface area contributed by atoms with Gasteiger partial charge in [-0.2, -0.15) is 0 Å². The van der Waals surface area contributed by atoms with Gasteiger partial charge in [0.2, 0.25) is 0 Å². The molecule has 0 saturated carbocycles. The van der Waals surface area contributed by atoms with Crippen molar-refractivity contribution in [1.29, 1.82) is 0 Å². The summed E-state index contributed by atoms with van der Waals surface area (Å²) in [5.41, 5.74) is 1.30. The van der Waals surface area contributed by atoms with Crippen LogP contribution in [0.2, 0.25) is 0 Å². The molecule has 0 N–H and O–H groups in total. The largest absolute Gasteiger partial charge is 0.295 e. The van der Waals surface area contributed by atoms with E-state index in [9.17, 15) is 0 Å².